The van der Waals surface area contributed by atoms with Crippen LogP contribution in [0.25, 0.3) is 10.1 Å². The average molecular weight is 345 g/mol. The molecule has 3 rings (SSSR count). The van der Waals surface area contributed by atoms with Crippen LogP contribution in [0.2, 0.25) is 5.02 Å². The van der Waals surface area contributed by atoms with Crippen LogP contribution in [0.1, 0.15) is 25.7 Å². The minimum Gasteiger partial charge on any atom is -0.329 e. The van der Waals surface area contributed by atoms with Crippen molar-refractivity contribution >= 4 is 43.0 Å². The van der Waals surface area contributed by atoms with Crippen LogP contribution >= 0.6 is 22.9 Å². The van der Waals surface area contributed by atoms with Crippen molar-refractivity contribution in [3.63, 3.8) is 0 Å². The van der Waals surface area contributed by atoms with E-state index in [1.54, 1.807) is 18.2 Å². The van der Waals surface area contributed by atoms with Gasteiger partial charge in [0.25, 0.3) is 10.0 Å². The number of rotatable bonds is 4. The molecule has 0 spiro atoms. The van der Waals surface area contributed by atoms with Gasteiger partial charge in [-0.1, -0.05) is 24.4 Å². The number of thiophene rings is 1. The van der Waals surface area contributed by atoms with Gasteiger partial charge >= 0.3 is 0 Å². The smallest absolute Gasteiger partial charge is 0.250 e. The number of hydrogen-bond acceptors (Lipinski definition) is 4. The normalized spacial score (nSPS) is 18.4. The highest BCUT2D eigenvalue weighted by molar-refractivity contribution is 7.91. The topological polar surface area (TPSA) is 72.2 Å². The van der Waals surface area contributed by atoms with Gasteiger partial charge in [-0.05, 0) is 42.5 Å². The number of benzene rings is 1. The summed E-state index contributed by atoms with van der Waals surface area (Å²) in [6.45, 7) is 0.336. The quantitative estimate of drug-likeness (QED) is 0.895. The van der Waals surface area contributed by atoms with Crippen molar-refractivity contribution in [3.05, 3.63) is 29.3 Å². The summed E-state index contributed by atoms with van der Waals surface area (Å²) in [6, 6.07) is 7.06. The highest BCUT2D eigenvalue weighted by Gasteiger charge is 2.37. The van der Waals surface area contributed by atoms with Gasteiger partial charge in [0.15, 0.2) is 0 Å². The van der Waals surface area contributed by atoms with Gasteiger partial charge in [0.1, 0.15) is 4.21 Å². The molecule has 1 aromatic heterocycles. The largest absolute Gasteiger partial charge is 0.329 e. The Bertz CT molecular complexity index is 764. The number of hydrogen-bond donors (Lipinski definition) is 2. The molecule has 0 radical (unpaired) electrons. The Morgan fingerprint density at radius 1 is 1.29 bits per heavy atom. The summed E-state index contributed by atoms with van der Waals surface area (Å²) in [6.07, 6.45) is 3.64. The van der Waals surface area contributed by atoms with Gasteiger partial charge in [-0.3, -0.25) is 0 Å². The molecular weight excluding hydrogens is 328 g/mol. The first kappa shape index (κ1) is 15.2. The highest BCUT2D eigenvalue weighted by atomic mass is 35.5. The zero-order valence-electron chi connectivity index (χ0n) is 11.4. The molecule has 4 nitrogen and oxygen atoms in total. The van der Waals surface area contributed by atoms with Crippen molar-refractivity contribution in [3.8, 4) is 0 Å². The van der Waals surface area contributed by atoms with E-state index in [1.807, 2.05) is 6.07 Å². The Balaban J connectivity index is 1.96. The maximum Gasteiger partial charge on any atom is 0.250 e. The first-order chi connectivity index (χ1) is 9.94. The zero-order chi connectivity index (χ0) is 15.1. The zero-order valence-corrected chi connectivity index (χ0v) is 13.8. The lowest BCUT2D eigenvalue weighted by Crippen LogP contribution is -2.51. The lowest BCUT2D eigenvalue weighted by molar-refractivity contribution is 0.400. The Morgan fingerprint density at radius 3 is 2.67 bits per heavy atom. The second kappa shape index (κ2) is 5.52. The first-order valence-corrected chi connectivity index (χ1v) is 9.55. The third kappa shape index (κ3) is 2.96. The van der Waals surface area contributed by atoms with E-state index < -0.39 is 15.6 Å². The molecule has 7 heteroatoms. The third-order valence-corrected chi connectivity index (χ3v) is 7.43. The SMILES string of the molecule is NCC1(NS(=O)(=O)c2cc3cc(Cl)ccc3s2)CCCC1. The molecule has 0 saturated heterocycles. The minimum atomic E-state index is -3.54. The molecule has 0 atom stereocenters. The van der Waals surface area contributed by atoms with Gasteiger partial charge in [-0.25, -0.2) is 13.1 Å². The average Bonchev–Trinajstić information content (AvgIpc) is 3.05. The van der Waals surface area contributed by atoms with Crippen LogP contribution in [0, 0.1) is 0 Å². The van der Waals surface area contributed by atoms with Crippen molar-refractivity contribution < 1.29 is 8.42 Å². The van der Waals surface area contributed by atoms with E-state index in [0.29, 0.717) is 15.8 Å². The van der Waals surface area contributed by atoms with E-state index in [2.05, 4.69) is 4.72 Å². The van der Waals surface area contributed by atoms with Crippen LogP contribution in [-0.2, 0) is 10.0 Å². The molecule has 0 amide bonds. The summed E-state index contributed by atoms with van der Waals surface area (Å²) in [5.74, 6) is 0. The van der Waals surface area contributed by atoms with E-state index in [1.165, 1.54) is 11.3 Å². The molecule has 0 unspecified atom stereocenters. The molecule has 1 aromatic carbocycles. The fraction of sp³-hybridized carbons (Fsp3) is 0.429. The summed E-state index contributed by atoms with van der Waals surface area (Å²) in [5, 5.41) is 1.45. The molecule has 114 valence electrons. The Labute approximate surface area is 133 Å². The maximum absolute atomic E-state index is 12.6. The Morgan fingerprint density at radius 2 is 2.00 bits per heavy atom. The van der Waals surface area contributed by atoms with Gasteiger partial charge in [-0.2, -0.15) is 0 Å². The predicted octanol–water partition coefficient (Wildman–Crippen LogP) is 3.10. The second-order valence-electron chi connectivity index (χ2n) is 5.54. The van der Waals surface area contributed by atoms with Crippen LogP contribution in [0.4, 0.5) is 0 Å². The van der Waals surface area contributed by atoms with Gasteiger partial charge < -0.3 is 5.73 Å². The van der Waals surface area contributed by atoms with Crippen molar-refractivity contribution in [1.29, 1.82) is 0 Å². The molecule has 1 aliphatic carbocycles. The van der Waals surface area contributed by atoms with Crippen molar-refractivity contribution in [2.24, 2.45) is 5.73 Å². The molecule has 1 aliphatic rings. The van der Waals surface area contributed by atoms with Crippen LogP contribution in [0.5, 0.6) is 0 Å². The number of nitrogens with two attached hydrogens (primary N) is 1. The molecule has 2 aromatic rings. The number of halogens is 1. The van der Waals surface area contributed by atoms with Crippen molar-refractivity contribution in [1.82, 2.24) is 4.72 Å². The van der Waals surface area contributed by atoms with Crippen LogP contribution in [0.15, 0.2) is 28.5 Å². The molecule has 1 saturated carbocycles. The Kier molecular flexibility index (Phi) is 4.00. The highest BCUT2D eigenvalue weighted by Crippen LogP contribution is 2.34. The lowest BCUT2D eigenvalue weighted by atomic mass is 10.0. The molecule has 21 heavy (non-hydrogen) atoms. The van der Waals surface area contributed by atoms with E-state index in [4.69, 9.17) is 17.3 Å². The fourth-order valence-electron chi connectivity index (χ4n) is 2.86. The van der Waals surface area contributed by atoms with Crippen molar-refractivity contribution in [2.75, 3.05) is 6.54 Å². The monoisotopic (exact) mass is 344 g/mol. The van der Waals surface area contributed by atoms with E-state index in [0.717, 1.165) is 35.8 Å². The molecule has 0 bridgehead atoms. The van der Waals surface area contributed by atoms with Gasteiger partial charge in [0.05, 0.1) is 0 Å². The van der Waals surface area contributed by atoms with Gasteiger partial charge in [0.2, 0.25) is 0 Å². The first-order valence-electron chi connectivity index (χ1n) is 6.87. The van der Waals surface area contributed by atoms with Crippen LogP contribution in [-0.4, -0.2) is 20.5 Å². The minimum absolute atomic E-state index is 0.319. The predicted molar refractivity (Wildman–Crippen MR) is 87.4 cm³/mol. The molecule has 0 aliphatic heterocycles. The number of fused-ring (bicyclic) bond motifs is 1. The second-order valence-corrected chi connectivity index (χ2v) is 8.97. The third-order valence-electron chi connectivity index (χ3n) is 4.02. The summed E-state index contributed by atoms with van der Waals surface area (Å²) in [4.78, 5) is 0. The Hall–Kier alpha value is -0.660. The van der Waals surface area contributed by atoms with Crippen LogP contribution < -0.4 is 10.5 Å². The fourth-order valence-corrected chi connectivity index (χ4v) is 5.89. The van der Waals surface area contributed by atoms with Gasteiger partial charge in [0, 0.05) is 21.8 Å². The summed E-state index contributed by atoms with van der Waals surface area (Å²) in [7, 11) is -3.54. The van der Waals surface area contributed by atoms with Gasteiger partial charge in [-0.15, -0.1) is 11.3 Å². The standard InChI is InChI=1S/C14H17ClN2O2S2/c15-11-3-4-12-10(7-11)8-13(20-12)21(18,19)17-14(9-16)5-1-2-6-14/h3-4,7-8,17H,1-2,5-6,9,16H2. The van der Waals surface area contributed by atoms with E-state index >= 15 is 0 Å². The number of sulfonamides is 1. The van der Waals surface area contributed by atoms with Crippen molar-refractivity contribution in [2.45, 2.75) is 35.4 Å². The van der Waals surface area contributed by atoms with E-state index in [-0.39, 0.29) is 0 Å². The molecule has 1 fully saturated rings. The lowest BCUT2D eigenvalue weighted by Gasteiger charge is -2.27. The summed E-state index contributed by atoms with van der Waals surface area (Å²) in [5.41, 5.74) is 5.33. The van der Waals surface area contributed by atoms with Crippen LogP contribution in [0.3, 0.4) is 0 Å². The summed E-state index contributed by atoms with van der Waals surface area (Å²) >= 11 is 7.20. The summed E-state index contributed by atoms with van der Waals surface area (Å²) < 4.78 is 29.3. The molecule has 3 N–H and O–H groups in total. The number of nitrogens with one attached hydrogen (secondary N) is 1. The maximum atomic E-state index is 12.6. The molecular formula is C14H17ClN2O2S2. The van der Waals surface area contributed by atoms with E-state index in [9.17, 15) is 8.42 Å². The molecule has 1 heterocycles.